The Kier molecular flexibility index (Phi) is 10.9. The van der Waals surface area contributed by atoms with Crippen molar-refractivity contribution in [3.05, 3.63) is 21.9 Å². The normalized spacial score (nSPS) is 12.7. The Bertz CT molecular complexity index is 345. The predicted molar refractivity (Wildman–Crippen MR) is 97.5 cm³/mol. The van der Waals surface area contributed by atoms with Crippen molar-refractivity contribution < 1.29 is 0 Å². The average Bonchev–Trinajstić information content (AvgIpc) is 2.95. The highest BCUT2D eigenvalue weighted by Crippen LogP contribution is 2.20. The van der Waals surface area contributed by atoms with Gasteiger partial charge in [0.2, 0.25) is 0 Å². The van der Waals surface area contributed by atoms with Gasteiger partial charge in [-0.25, -0.2) is 0 Å². The van der Waals surface area contributed by atoms with E-state index in [9.17, 15) is 0 Å². The van der Waals surface area contributed by atoms with E-state index in [0.29, 0.717) is 6.04 Å². The second-order valence-corrected chi connectivity index (χ2v) is 7.39. The summed E-state index contributed by atoms with van der Waals surface area (Å²) < 4.78 is 0. The van der Waals surface area contributed by atoms with Gasteiger partial charge in [-0.2, -0.15) is 0 Å². The molecule has 1 N–H and O–H groups in total. The first kappa shape index (κ1) is 18.7. The van der Waals surface area contributed by atoms with Gasteiger partial charge >= 0.3 is 0 Å². The summed E-state index contributed by atoms with van der Waals surface area (Å²) in [6, 6.07) is 5.33. The second-order valence-electron chi connectivity index (χ2n) is 6.13. The molecule has 0 saturated carbocycles. The van der Waals surface area contributed by atoms with Gasteiger partial charge < -0.3 is 5.32 Å². The molecule has 1 aromatic rings. The highest BCUT2D eigenvalue weighted by molar-refractivity contribution is 7.11. The Morgan fingerprint density at radius 3 is 2.29 bits per heavy atom. The number of nitrogens with one attached hydrogen (secondary N) is 1. The highest BCUT2D eigenvalue weighted by atomic mass is 32.1. The summed E-state index contributed by atoms with van der Waals surface area (Å²) in [6.45, 7) is 7.96. The molecular weight excluding hydrogens is 274 g/mol. The van der Waals surface area contributed by atoms with E-state index in [2.05, 4.69) is 38.2 Å². The maximum atomic E-state index is 3.75. The number of thiophene rings is 1. The van der Waals surface area contributed by atoms with Gasteiger partial charge in [0.1, 0.15) is 0 Å². The van der Waals surface area contributed by atoms with Crippen LogP contribution in [0.3, 0.4) is 0 Å². The zero-order valence-corrected chi connectivity index (χ0v) is 15.2. The minimum absolute atomic E-state index is 0.680. The van der Waals surface area contributed by atoms with E-state index >= 15 is 0 Å². The maximum Gasteiger partial charge on any atom is 0.0115 e. The maximum absolute atomic E-state index is 3.75. The van der Waals surface area contributed by atoms with Crippen LogP contribution in [-0.2, 0) is 12.8 Å². The fourth-order valence-corrected chi connectivity index (χ4v) is 3.80. The third kappa shape index (κ3) is 8.63. The summed E-state index contributed by atoms with van der Waals surface area (Å²) in [6.07, 6.45) is 13.4. The fraction of sp³-hybridized carbons (Fsp3) is 0.789. The Morgan fingerprint density at radius 2 is 1.62 bits per heavy atom. The Balaban J connectivity index is 2.29. The quantitative estimate of drug-likeness (QED) is 0.442. The molecule has 1 nitrogen and oxygen atoms in total. The lowest BCUT2D eigenvalue weighted by molar-refractivity contribution is 0.452. The first-order chi connectivity index (χ1) is 10.3. The zero-order chi connectivity index (χ0) is 15.3. The van der Waals surface area contributed by atoms with Gasteiger partial charge in [0.15, 0.2) is 0 Å². The van der Waals surface area contributed by atoms with Crippen molar-refractivity contribution in [3.63, 3.8) is 0 Å². The van der Waals surface area contributed by atoms with Crippen molar-refractivity contribution in [3.8, 4) is 0 Å². The standard InChI is InChI=1S/C19H35NS/c1-4-7-8-9-10-11-12-17(20-15-5-2)16-19-14-13-18(6-3)21-19/h13-14,17,20H,4-12,15-16H2,1-3H3. The summed E-state index contributed by atoms with van der Waals surface area (Å²) in [5.41, 5.74) is 0. The Labute approximate surface area is 136 Å². The van der Waals surface area contributed by atoms with Gasteiger partial charge in [-0.15, -0.1) is 11.3 Å². The topological polar surface area (TPSA) is 12.0 Å². The summed E-state index contributed by atoms with van der Waals surface area (Å²) in [5, 5.41) is 3.75. The summed E-state index contributed by atoms with van der Waals surface area (Å²) >= 11 is 2.00. The van der Waals surface area contributed by atoms with E-state index in [1.807, 2.05) is 11.3 Å². The number of aryl methyl sites for hydroxylation is 1. The van der Waals surface area contributed by atoms with Crippen molar-refractivity contribution >= 4 is 11.3 Å². The van der Waals surface area contributed by atoms with Crippen molar-refractivity contribution in [2.45, 2.75) is 91.0 Å². The molecule has 21 heavy (non-hydrogen) atoms. The fourth-order valence-electron chi connectivity index (χ4n) is 2.76. The largest absolute Gasteiger partial charge is 0.314 e. The first-order valence-electron chi connectivity index (χ1n) is 9.11. The van der Waals surface area contributed by atoms with Crippen molar-refractivity contribution in [2.24, 2.45) is 0 Å². The molecule has 0 amide bonds. The van der Waals surface area contributed by atoms with Crippen LogP contribution in [0.25, 0.3) is 0 Å². The molecule has 0 aliphatic heterocycles. The highest BCUT2D eigenvalue weighted by Gasteiger charge is 2.10. The molecule has 1 unspecified atom stereocenters. The number of unbranched alkanes of at least 4 members (excludes halogenated alkanes) is 5. The summed E-state index contributed by atoms with van der Waals surface area (Å²) in [4.78, 5) is 3.09. The third-order valence-corrected chi connectivity index (χ3v) is 5.35. The molecule has 1 aromatic heterocycles. The molecule has 0 spiro atoms. The SMILES string of the molecule is CCCCCCCCC(Cc1ccc(CC)s1)NCCC. The molecular formula is C19H35NS. The lowest BCUT2D eigenvalue weighted by Crippen LogP contribution is -2.31. The molecule has 2 heteroatoms. The molecule has 1 atom stereocenters. The second kappa shape index (κ2) is 12.2. The van der Waals surface area contributed by atoms with E-state index in [4.69, 9.17) is 0 Å². The predicted octanol–water partition coefficient (Wildman–Crippen LogP) is 5.97. The van der Waals surface area contributed by atoms with Crippen LogP contribution in [0.1, 0.15) is 81.9 Å². The van der Waals surface area contributed by atoms with Crippen molar-refractivity contribution in [1.29, 1.82) is 0 Å². The molecule has 0 aliphatic carbocycles. The minimum Gasteiger partial charge on any atom is -0.314 e. The molecule has 0 aromatic carbocycles. The van der Waals surface area contributed by atoms with Gasteiger partial charge in [-0.05, 0) is 44.4 Å². The molecule has 0 fully saturated rings. The minimum atomic E-state index is 0.680. The van der Waals surface area contributed by atoms with E-state index in [1.54, 1.807) is 4.88 Å². The molecule has 122 valence electrons. The average molecular weight is 310 g/mol. The van der Waals surface area contributed by atoms with Crippen LogP contribution in [-0.4, -0.2) is 12.6 Å². The summed E-state index contributed by atoms with van der Waals surface area (Å²) in [5.74, 6) is 0. The van der Waals surface area contributed by atoms with E-state index < -0.39 is 0 Å². The van der Waals surface area contributed by atoms with Gasteiger partial charge in [0.05, 0.1) is 0 Å². The van der Waals surface area contributed by atoms with Crippen LogP contribution in [0.15, 0.2) is 12.1 Å². The van der Waals surface area contributed by atoms with Gasteiger partial charge in [-0.3, -0.25) is 0 Å². The first-order valence-corrected chi connectivity index (χ1v) is 9.92. The number of hydrogen-bond donors (Lipinski definition) is 1. The molecule has 0 saturated heterocycles. The molecule has 1 rings (SSSR count). The zero-order valence-electron chi connectivity index (χ0n) is 14.4. The lowest BCUT2D eigenvalue weighted by atomic mass is 10.0. The molecule has 0 aliphatic rings. The van der Waals surface area contributed by atoms with Crippen LogP contribution < -0.4 is 5.32 Å². The van der Waals surface area contributed by atoms with Crippen LogP contribution in [0, 0.1) is 0 Å². The monoisotopic (exact) mass is 309 g/mol. The van der Waals surface area contributed by atoms with Crippen LogP contribution in [0.4, 0.5) is 0 Å². The van der Waals surface area contributed by atoms with E-state index in [-0.39, 0.29) is 0 Å². The lowest BCUT2D eigenvalue weighted by Gasteiger charge is -2.17. The smallest absolute Gasteiger partial charge is 0.0115 e. The van der Waals surface area contributed by atoms with E-state index in [0.717, 1.165) is 6.54 Å². The molecule has 1 heterocycles. The van der Waals surface area contributed by atoms with Crippen LogP contribution >= 0.6 is 11.3 Å². The van der Waals surface area contributed by atoms with Crippen LogP contribution in [0.5, 0.6) is 0 Å². The van der Waals surface area contributed by atoms with Crippen LogP contribution in [0.2, 0.25) is 0 Å². The van der Waals surface area contributed by atoms with Gasteiger partial charge in [0.25, 0.3) is 0 Å². The van der Waals surface area contributed by atoms with E-state index in [1.165, 1.54) is 69.1 Å². The number of hydrogen-bond acceptors (Lipinski definition) is 2. The number of rotatable bonds is 13. The molecule has 0 radical (unpaired) electrons. The molecule has 0 bridgehead atoms. The Morgan fingerprint density at radius 1 is 0.905 bits per heavy atom. The van der Waals surface area contributed by atoms with Gasteiger partial charge in [-0.1, -0.05) is 59.3 Å². The van der Waals surface area contributed by atoms with Crippen molar-refractivity contribution in [2.75, 3.05) is 6.54 Å². The van der Waals surface area contributed by atoms with Gasteiger partial charge in [0, 0.05) is 15.8 Å². The Hall–Kier alpha value is -0.340. The third-order valence-electron chi connectivity index (χ3n) is 4.10. The van der Waals surface area contributed by atoms with Crippen molar-refractivity contribution in [1.82, 2.24) is 5.32 Å². The summed E-state index contributed by atoms with van der Waals surface area (Å²) in [7, 11) is 0.